The molecule has 31 heavy (non-hydrogen) atoms. The number of hydrogen-bond donors (Lipinski definition) is 3. The minimum absolute atomic E-state index is 0.0978. The fourth-order valence-electron chi connectivity index (χ4n) is 3.65. The summed E-state index contributed by atoms with van der Waals surface area (Å²) in [7, 11) is 0.0958. The van der Waals surface area contributed by atoms with Gasteiger partial charge in [-0.1, -0.05) is 0 Å². The molecule has 4 N–H and O–H groups in total. The van der Waals surface area contributed by atoms with Crippen LogP contribution in [0.2, 0.25) is 0 Å². The number of likely N-dealkylation sites (N-methyl/N-ethyl adjacent to an activating group) is 1. The lowest BCUT2D eigenvalue weighted by atomic mass is 9.89. The molecule has 164 valence electrons. The topological polar surface area (TPSA) is 162 Å². The van der Waals surface area contributed by atoms with Gasteiger partial charge in [0.25, 0.3) is 10.2 Å². The third-order valence-electron chi connectivity index (χ3n) is 5.37. The van der Waals surface area contributed by atoms with Crippen molar-refractivity contribution in [2.75, 3.05) is 46.0 Å². The summed E-state index contributed by atoms with van der Waals surface area (Å²) in [6.07, 6.45) is 5.02. The van der Waals surface area contributed by atoms with Crippen LogP contribution in [-0.2, 0) is 15.7 Å². The lowest BCUT2D eigenvalue weighted by Gasteiger charge is -2.47. The Morgan fingerprint density at radius 1 is 1.39 bits per heavy atom. The molecular formula is C18H24N10O2S. The van der Waals surface area contributed by atoms with E-state index in [-0.39, 0.29) is 25.3 Å². The fraction of sp³-hybridized carbons (Fsp3) is 0.444. The van der Waals surface area contributed by atoms with Crippen molar-refractivity contribution < 1.29 is 8.42 Å². The van der Waals surface area contributed by atoms with E-state index >= 15 is 0 Å². The van der Waals surface area contributed by atoms with Gasteiger partial charge in [0.2, 0.25) is 0 Å². The highest BCUT2D eigenvalue weighted by Gasteiger charge is 2.50. The van der Waals surface area contributed by atoms with Gasteiger partial charge in [0.15, 0.2) is 5.82 Å². The van der Waals surface area contributed by atoms with Gasteiger partial charge in [-0.3, -0.25) is 4.68 Å². The molecule has 3 aromatic rings. The molecule has 0 spiro atoms. The van der Waals surface area contributed by atoms with Gasteiger partial charge in [0, 0.05) is 44.0 Å². The second-order valence-electron chi connectivity index (χ2n) is 7.86. The highest BCUT2D eigenvalue weighted by Crippen LogP contribution is 2.37. The zero-order chi connectivity index (χ0) is 22.2. The number of aromatic nitrogens is 5. The number of anilines is 1. The molecule has 0 radical (unpaired) electrons. The van der Waals surface area contributed by atoms with E-state index in [1.165, 1.54) is 10.6 Å². The molecule has 4 rings (SSSR count). The summed E-state index contributed by atoms with van der Waals surface area (Å²) < 4.78 is 30.6. The van der Waals surface area contributed by atoms with Crippen molar-refractivity contribution in [1.29, 1.82) is 5.26 Å². The number of aromatic amines is 1. The minimum Gasteiger partial charge on any atom is -0.382 e. The van der Waals surface area contributed by atoms with Crippen LogP contribution in [-0.4, -0.2) is 82.6 Å². The van der Waals surface area contributed by atoms with Gasteiger partial charge in [-0.25, -0.2) is 14.7 Å². The second-order valence-corrected chi connectivity index (χ2v) is 9.62. The first-order valence-corrected chi connectivity index (χ1v) is 11.1. The van der Waals surface area contributed by atoms with Gasteiger partial charge in [-0.05, 0) is 20.2 Å². The summed E-state index contributed by atoms with van der Waals surface area (Å²) in [6, 6.07) is 4.00. The zero-order valence-electron chi connectivity index (χ0n) is 17.3. The average molecular weight is 445 g/mol. The van der Waals surface area contributed by atoms with Gasteiger partial charge in [0.05, 0.1) is 23.7 Å². The van der Waals surface area contributed by atoms with Crippen LogP contribution in [0.15, 0.2) is 24.8 Å². The van der Waals surface area contributed by atoms with Gasteiger partial charge in [-0.2, -0.15) is 23.1 Å². The molecule has 1 fully saturated rings. The summed E-state index contributed by atoms with van der Waals surface area (Å²) in [5.41, 5.74) is 7.30. The Labute approximate surface area is 179 Å². The number of nitrogen functional groups attached to an aromatic ring is 1. The van der Waals surface area contributed by atoms with Crippen molar-refractivity contribution in [2.45, 2.75) is 12.0 Å². The number of nitrogens with two attached hydrogens (primary N) is 1. The largest absolute Gasteiger partial charge is 0.382 e. The zero-order valence-corrected chi connectivity index (χ0v) is 18.1. The Morgan fingerprint density at radius 3 is 2.87 bits per heavy atom. The maximum absolute atomic E-state index is 12.6. The first kappa shape index (κ1) is 21.2. The van der Waals surface area contributed by atoms with E-state index in [1.54, 1.807) is 17.1 Å². The molecule has 1 saturated heterocycles. The van der Waals surface area contributed by atoms with Crippen LogP contribution in [0.1, 0.15) is 6.42 Å². The number of rotatable bonds is 8. The number of nitriles is 1. The lowest BCUT2D eigenvalue weighted by Crippen LogP contribution is -2.66. The van der Waals surface area contributed by atoms with E-state index in [0.717, 1.165) is 5.39 Å². The van der Waals surface area contributed by atoms with Gasteiger partial charge < -0.3 is 15.6 Å². The van der Waals surface area contributed by atoms with Gasteiger partial charge >= 0.3 is 0 Å². The van der Waals surface area contributed by atoms with Crippen molar-refractivity contribution in [3.05, 3.63) is 24.8 Å². The summed E-state index contributed by atoms with van der Waals surface area (Å²) in [5, 5.41) is 14.6. The van der Waals surface area contributed by atoms with Crippen LogP contribution in [0.4, 0.5) is 5.82 Å². The van der Waals surface area contributed by atoms with Crippen LogP contribution in [0.25, 0.3) is 22.3 Å². The van der Waals surface area contributed by atoms with E-state index in [9.17, 15) is 13.7 Å². The molecular weight excluding hydrogens is 420 g/mol. The van der Waals surface area contributed by atoms with Crippen molar-refractivity contribution in [3.8, 4) is 17.3 Å². The van der Waals surface area contributed by atoms with Crippen LogP contribution < -0.4 is 10.5 Å². The number of nitrogens with one attached hydrogen (secondary N) is 2. The molecule has 13 heteroatoms. The Bertz CT molecular complexity index is 1230. The third-order valence-corrected chi connectivity index (χ3v) is 6.88. The predicted molar refractivity (Wildman–Crippen MR) is 115 cm³/mol. The van der Waals surface area contributed by atoms with Crippen LogP contribution in [0, 0.1) is 11.3 Å². The lowest BCUT2D eigenvalue weighted by molar-refractivity contribution is 0.0709. The van der Waals surface area contributed by atoms with E-state index < -0.39 is 15.7 Å². The maximum Gasteiger partial charge on any atom is 0.279 e. The van der Waals surface area contributed by atoms with E-state index in [2.05, 4.69) is 30.8 Å². The summed E-state index contributed by atoms with van der Waals surface area (Å²) >= 11 is 0. The molecule has 0 aromatic carbocycles. The van der Waals surface area contributed by atoms with E-state index in [4.69, 9.17) is 5.73 Å². The predicted octanol–water partition coefficient (Wildman–Crippen LogP) is -0.276. The normalized spacial score (nSPS) is 16.5. The van der Waals surface area contributed by atoms with Gasteiger partial charge in [0.1, 0.15) is 17.5 Å². The first-order chi connectivity index (χ1) is 14.8. The molecule has 0 aliphatic carbocycles. The highest BCUT2D eigenvalue weighted by atomic mass is 32.2. The van der Waals surface area contributed by atoms with Crippen LogP contribution >= 0.6 is 0 Å². The Kier molecular flexibility index (Phi) is 5.40. The highest BCUT2D eigenvalue weighted by molar-refractivity contribution is 7.87. The molecule has 0 amide bonds. The van der Waals surface area contributed by atoms with Crippen molar-refractivity contribution in [2.24, 2.45) is 0 Å². The van der Waals surface area contributed by atoms with Crippen LogP contribution in [0.5, 0.6) is 0 Å². The average Bonchev–Trinajstić information content (AvgIpc) is 3.30. The number of fused-ring (bicyclic) bond motifs is 1. The Balaban J connectivity index is 1.59. The summed E-state index contributed by atoms with van der Waals surface area (Å²) in [5.74, 6) is 0.254. The molecule has 12 nitrogen and oxygen atoms in total. The van der Waals surface area contributed by atoms with Crippen molar-refractivity contribution >= 4 is 27.1 Å². The standard InChI is InChI=1S/C18H24N10O2S/c1-26(2)8-7-24-31(29,30)27-10-18(11-27,4-5-19)28-9-14(16(20)25-28)15-13-3-6-21-17(13)23-12-22-15/h3,6,9,12,24H,4,7-8,10-11H2,1-2H3,(H2,20,25)(H,21,22,23). The number of nitrogens with zero attached hydrogens (tertiary/aromatic N) is 7. The molecule has 0 atom stereocenters. The van der Waals surface area contributed by atoms with Crippen LogP contribution in [0.3, 0.4) is 0 Å². The molecule has 0 bridgehead atoms. The summed E-state index contributed by atoms with van der Waals surface area (Å²) in [4.78, 5) is 13.4. The number of hydrogen-bond acceptors (Lipinski definition) is 8. The molecule has 3 aromatic heterocycles. The van der Waals surface area contributed by atoms with E-state index in [1.807, 2.05) is 25.1 Å². The molecule has 4 heterocycles. The summed E-state index contributed by atoms with van der Waals surface area (Å²) in [6.45, 7) is 1.14. The fourth-order valence-corrected chi connectivity index (χ4v) is 5.01. The molecule has 1 aliphatic rings. The Hall–Kier alpha value is -3.05. The second kappa shape index (κ2) is 7.89. The quantitative estimate of drug-likeness (QED) is 0.427. The Morgan fingerprint density at radius 2 is 2.16 bits per heavy atom. The third kappa shape index (κ3) is 3.86. The SMILES string of the molecule is CN(C)CCNS(=O)(=O)N1CC(CC#N)(n2cc(-c3ncnc4[nH]ccc34)c(N)n2)C1. The minimum atomic E-state index is -3.64. The molecule has 1 aliphatic heterocycles. The van der Waals surface area contributed by atoms with Crippen molar-refractivity contribution in [1.82, 2.24) is 38.7 Å². The number of H-pyrrole nitrogens is 1. The monoisotopic (exact) mass is 444 g/mol. The first-order valence-electron chi connectivity index (χ1n) is 9.66. The van der Waals surface area contributed by atoms with E-state index in [0.29, 0.717) is 30.0 Å². The smallest absolute Gasteiger partial charge is 0.279 e. The molecule has 0 saturated carbocycles. The van der Waals surface area contributed by atoms with Gasteiger partial charge in [-0.15, -0.1) is 0 Å². The maximum atomic E-state index is 12.6. The molecule has 0 unspecified atom stereocenters. The van der Waals surface area contributed by atoms with Crippen molar-refractivity contribution in [3.63, 3.8) is 0 Å².